The van der Waals surface area contributed by atoms with E-state index in [0.29, 0.717) is 31.2 Å². The van der Waals surface area contributed by atoms with Crippen LogP contribution in [0, 0.1) is 0 Å². The highest BCUT2D eigenvalue weighted by Gasteiger charge is 2.34. The monoisotopic (exact) mass is 329 g/mol. The molecule has 0 radical (unpaired) electrons. The van der Waals surface area contributed by atoms with Gasteiger partial charge in [0.1, 0.15) is 0 Å². The Bertz CT molecular complexity index is 750. The summed E-state index contributed by atoms with van der Waals surface area (Å²) in [6.45, 7) is 1.30. The van der Waals surface area contributed by atoms with E-state index in [4.69, 9.17) is 9.15 Å². The molecular weight excluding hydrogens is 310 g/mol. The lowest BCUT2D eigenvalue weighted by atomic mass is 10.1. The number of H-pyrrole nitrogens is 1. The van der Waals surface area contributed by atoms with E-state index in [1.54, 1.807) is 17.0 Å². The zero-order chi connectivity index (χ0) is 16.5. The van der Waals surface area contributed by atoms with Crippen molar-refractivity contribution in [2.75, 3.05) is 19.8 Å². The maximum Gasteiger partial charge on any atom is 0.275 e. The lowest BCUT2D eigenvalue weighted by molar-refractivity contribution is -0.00338. The number of hydrogen-bond donors (Lipinski definition) is 1. The molecule has 0 saturated carbocycles. The highest BCUT2D eigenvalue weighted by molar-refractivity contribution is 5.96. The van der Waals surface area contributed by atoms with E-state index >= 15 is 0 Å². The van der Waals surface area contributed by atoms with Crippen molar-refractivity contribution >= 4 is 11.7 Å². The van der Waals surface area contributed by atoms with E-state index < -0.39 is 0 Å². The Labute approximate surface area is 139 Å². The molecule has 3 heterocycles. The largest absolute Gasteiger partial charge is 0.461 e. The van der Waals surface area contributed by atoms with Gasteiger partial charge >= 0.3 is 0 Å². The Kier molecular flexibility index (Phi) is 3.93. The average molecular weight is 329 g/mol. The van der Waals surface area contributed by atoms with Crippen LogP contribution in [0.2, 0.25) is 0 Å². The minimum Gasteiger partial charge on any atom is -0.461 e. The number of Topliss-reactive ketones (excluding diaryl/α,β-unsaturated/α-hetero) is 1. The summed E-state index contributed by atoms with van der Waals surface area (Å²) >= 11 is 0. The number of nitrogens with zero attached hydrogens (tertiary/aromatic N) is 2. The van der Waals surface area contributed by atoms with Gasteiger partial charge in [-0.3, -0.25) is 14.7 Å². The van der Waals surface area contributed by atoms with Crippen LogP contribution < -0.4 is 0 Å². The Hall–Kier alpha value is -2.41. The van der Waals surface area contributed by atoms with Gasteiger partial charge < -0.3 is 14.1 Å². The third kappa shape index (κ3) is 2.65. The molecule has 1 atom stereocenters. The molecule has 0 bridgehead atoms. The number of amides is 1. The van der Waals surface area contributed by atoms with Crippen molar-refractivity contribution in [1.29, 1.82) is 0 Å². The van der Waals surface area contributed by atoms with Gasteiger partial charge in [-0.1, -0.05) is 0 Å². The summed E-state index contributed by atoms with van der Waals surface area (Å²) < 4.78 is 10.6. The van der Waals surface area contributed by atoms with Crippen molar-refractivity contribution < 1.29 is 18.7 Å². The molecule has 7 nitrogen and oxygen atoms in total. The summed E-state index contributed by atoms with van der Waals surface area (Å²) in [7, 11) is 0. The summed E-state index contributed by atoms with van der Waals surface area (Å²) in [6, 6.07) is 3.02. The van der Waals surface area contributed by atoms with E-state index in [-0.39, 0.29) is 24.2 Å². The molecule has 24 heavy (non-hydrogen) atoms. The molecule has 4 rings (SSSR count). The van der Waals surface area contributed by atoms with Crippen molar-refractivity contribution in [1.82, 2.24) is 15.1 Å². The predicted octanol–water partition coefficient (Wildman–Crippen LogP) is 1.61. The Balaban J connectivity index is 1.53. The molecule has 1 aliphatic carbocycles. The fourth-order valence-corrected chi connectivity index (χ4v) is 3.48. The first-order valence-corrected chi connectivity index (χ1v) is 8.25. The summed E-state index contributed by atoms with van der Waals surface area (Å²) in [4.78, 5) is 27.0. The van der Waals surface area contributed by atoms with E-state index in [9.17, 15) is 9.59 Å². The average Bonchev–Trinajstić information content (AvgIpc) is 3.32. The van der Waals surface area contributed by atoms with Gasteiger partial charge in [0.25, 0.3) is 5.91 Å². The van der Waals surface area contributed by atoms with E-state index in [1.807, 2.05) is 0 Å². The molecule has 2 aromatic heterocycles. The number of ether oxygens (including phenoxy) is 1. The maximum atomic E-state index is 13.0. The number of furan rings is 1. The van der Waals surface area contributed by atoms with Crippen LogP contribution in [0.25, 0.3) is 0 Å². The first kappa shape index (κ1) is 15.1. The highest BCUT2D eigenvalue weighted by Crippen LogP contribution is 2.25. The SMILES string of the molecule is O=C(C[C@H]1COCCN1C(=O)c1n[nH]c2c1CCC2)c1ccco1. The smallest absolute Gasteiger partial charge is 0.275 e. The quantitative estimate of drug-likeness (QED) is 0.861. The molecule has 1 fully saturated rings. The van der Waals surface area contributed by atoms with Gasteiger partial charge in [-0.05, 0) is 31.4 Å². The highest BCUT2D eigenvalue weighted by atomic mass is 16.5. The number of carbonyl (C=O) groups is 2. The number of fused-ring (bicyclic) bond motifs is 1. The van der Waals surface area contributed by atoms with Crippen LogP contribution in [-0.2, 0) is 17.6 Å². The molecule has 2 aromatic rings. The van der Waals surface area contributed by atoms with Crippen LogP contribution in [0.3, 0.4) is 0 Å². The molecule has 0 spiro atoms. The molecule has 126 valence electrons. The van der Waals surface area contributed by atoms with Crippen LogP contribution in [0.5, 0.6) is 0 Å². The standard InChI is InChI=1S/C17H19N3O4/c21-14(15-5-2-7-24-15)9-11-10-23-8-6-20(11)17(22)16-12-3-1-4-13(12)18-19-16/h2,5,7,11H,1,3-4,6,8-10H2,(H,18,19)/t11-/m0/s1. The van der Waals surface area contributed by atoms with Crippen molar-refractivity contribution in [2.45, 2.75) is 31.7 Å². The predicted molar refractivity (Wildman–Crippen MR) is 83.9 cm³/mol. The van der Waals surface area contributed by atoms with Crippen molar-refractivity contribution in [3.63, 3.8) is 0 Å². The second-order valence-electron chi connectivity index (χ2n) is 6.21. The normalized spacial score (nSPS) is 20.2. The van der Waals surface area contributed by atoms with Gasteiger partial charge in [0.15, 0.2) is 17.2 Å². The van der Waals surface area contributed by atoms with Crippen molar-refractivity contribution in [3.8, 4) is 0 Å². The third-order valence-electron chi connectivity index (χ3n) is 4.71. The van der Waals surface area contributed by atoms with Gasteiger partial charge in [0, 0.05) is 24.2 Å². The second kappa shape index (κ2) is 6.24. The number of aryl methyl sites for hydroxylation is 1. The lowest BCUT2D eigenvalue weighted by Crippen LogP contribution is -2.49. The number of carbonyl (C=O) groups excluding carboxylic acids is 2. The van der Waals surface area contributed by atoms with Gasteiger partial charge in [-0.2, -0.15) is 5.10 Å². The van der Waals surface area contributed by atoms with E-state index in [0.717, 1.165) is 30.5 Å². The van der Waals surface area contributed by atoms with Crippen LogP contribution in [0.1, 0.15) is 45.1 Å². The first-order valence-electron chi connectivity index (χ1n) is 8.25. The molecule has 1 saturated heterocycles. The maximum absolute atomic E-state index is 13.0. The van der Waals surface area contributed by atoms with E-state index in [1.165, 1.54) is 6.26 Å². The first-order chi connectivity index (χ1) is 11.7. The van der Waals surface area contributed by atoms with Crippen LogP contribution in [0.4, 0.5) is 0 Å². The molecule has 0 aromatic carbocycles. The number of rotatable bonds is 4. The van der Waals surface area contributed by atoms with Gasteiger partial charge in [0.2, 0.25) is 0 Å². The van der Waals surface area contributed by atoms with Crippen molar-refractivity contribution in [2.24, 2.45) is 0 Å². The van der Waals surface area contributed by atoms with Crippen LogP contribution in [-0.4, -0.2) is 52.6 Å². The van der Waals surface area contributed by atoms with Crippen LogP contribution >= 0.6 is 0 Å². The second-order valence-corrected chi connectivity index (χ2v) is 6.21. The Morgan fingerprint density at radius 2 is 2.29 bits per heavy atom. The summed E-state index contributed by atoms with van der Waals surface area (Å²) in [5.74, 6) is 0.0733. The minimum atomic E-state index is -0.294. The number of aromatic nitrogens is 2. The number of aromatic amines is 1. The van der Waals surface area contributed by atoms with Gasteiger partial charge in [0.05, 0.1) is 25.5 Å². The summed E-state index contributed by atoms with van der Waals surface area (Å²) in [5.41, 5.74) is 2.59. The number of morpholine rings is 1. The Morgan fingerprint density at radius 3 is 3.12 bits per heavy atom. The van der Waals surface area contributed by atoms with Gasteiger partial charge in [-0.25, -0.2) is 0 Å². The minimum absolute atomic E-state index is 0.116. The third-order valence-corrected chi connectivity index (χ3v) is 4.71. The van der Waals surface area contributed by atoms with Gasteiger partial charge in [-0.15, -0.1) is 0 Å². The molecule has 1 amide bonds. The number of hydrogen-bond acceptors (Lipinski definition) is 5. The molecule has 0 unspecified atom stereocenters. The Morgan fingerprint density at radius 1 is 1.38 bits per heavy atom. The topological polar surface area (TPSA) is 88.4 Å². The summed E-state index contributed by atoms with van der Waals surface area (Å²) in [6.07, 6.45) is 4.53. The number of nitrogens with one attached hydrogen (secondary N) is 1. The summed E-state index contributed by atoms with van der Waals surface area (Å²) in [5, 5.41) is 7.19. The zero-order valence-corrected chi connectivity index (χ0v) is 13.3. The van der Waals surface area contributed by atoms with Crippen molar-refractivity contribution in [3.05, 3.63) is 41.1 Å². The molecule has 2 aliphatic rings. The fourth-order valence-electron chi connectivity index (χ4n) is 3.48. The van der Waals surface area contributed by atoms with E-state index in [2.05, 4.69) is 10.2 Å². The fraction of sp³-hybridized carbons (Fsp3) is 0.471. The lowest BCUT2D eigenvalue weighted by Gasteiger charge is -2.34. The number of ketones is 1. The van der Waals surface area contributed by atoms with Crippen LogP contribution in [0.15, 0.2) is 22.8 Å². The molecule has 7 heteroatoms. The molecule has 1 N–H and O–H groups in total. The molecular formula is C17H19N3O4. The molecule has 1 aliphatic heterocycles. The zero-order valence-electron chi connectivity index (χ0n) is 13.3.